The predicted molar refractivity (Wildman–Crippen MR) is 63.1 cm³/mol. The molecule has 3 nitrogen and oxygen atoms in total. The predicted octanol–water partition coefficient (Wildman–Crippen LogP) is 2.72. The Labute approximate surface area is 102 Å². The lowest BCUT2D eigenvalue weighted by Gasteiger charge is -2.04. The molecular formula is C12H10FNO2S. The smallest absolute Gasteiger partial charge is 0.168 e. The highest BCUT2D eigenvalue weighted by atomic mass is 32.1. The van der Waals surface area contributed by atoms with Crippen LogP contribution in [0.25, 0.3) is 0 Å². The summed E-state index contributed by atoms with van der Waals surface area (Å²) >= 11 is 1.42. The zero-order chi connectivity index (χ0) is 12.3. The number of Topliss-reactive ketones (excluding diaryl/α,β-unsaturated/α-hetero) is 1. The summed E-state index contributed by atoms with van der Waals surface area (Å²) in [6.07, 6.45) is 1.93. The van der Waals surface area contributed by atoms with E-state index in [1.54, 1.807) is 11.7 Å². The monoisotopic (exact) mass is 251 g/mol. The van der Waals surface area contributed by atoms with Gasteiger partial charge in [-0.15, -0.1) is 11.3 Å². The quantitative estimate of drug-likeness (QED) is 0.784. The van der Waals surface area contributed by atoms with Crippen LogP contribution < -0.4 is 4.74 Å². The number of thiazole rings is 1. The second kappa shape index (κ2) is 5.05. The molecule has 0 aliphatic carbocycles. The maximum Gasteiger partial charge on any atom is 0.168 e. The number of rotatable bonds is 4. The third kappa shape index (κ3) is 2.68. The third-order valence-corrected chi connectivity index (χ3v) is 3.07. The van der Waals surface area contributed by atoms with E-state index < -0.39 is 5.82 Å². The summed E-state index contributed by atoms with van der Waals surface area (Å²) < 4.78 is 18.0. The van der Waals surface area contributed by atoms with Crippen LogP contribution in [0, 0.1) is 5.82 Å². The Hall–Kier alpha value is -1.75. The van der Waals surface area contributed by atoms with Crippen molar-refractivity contribution in [1.29, 1.82) is 0 Å². The molecule has 0 radical (unpaired) electrons. The summed E-state index contributed by atoms with van der Waals surface area (Å²) in [5.41, 5.74) is 2.12. The molecule has 5 heteroatoms. The average Bonchev–Trinajstić information content (AvgIpc) is 2.82. The number of benzene rings is 1. The average molecular weight is 251 g/mol. The van der Waals surface area contributed by atoms with Crippen LogP contribution >= 0.6 is 11.3 Å². The molecule has 0 atom stereocenters. The van der Waals surface area contributed by atoms with Gasteiger partial charge < -0.3 is 4.74 Å². The van der Waals surface area contributed by atoms with Crippen molar-refractivity contribution >= 4 is 17.1 Å². The van der Waals surface area contributed by atoms with Crippen molar-refractivity contribution in [3.63, 3.8) is 0 Å². The van der Waals surface area contributed by atoms with Gasteiger partial charge in [0.2, 0.25) is 0 Å². The molecule has 0 bridgehead atoms. The molecule has 0 spiro atoms. The number of hydrogen-bond donors (Lipinski definition) is 0. The second-order valence-electron chi connectivity index (χ2n) is 3.42. The van der Waals surface area contributed by atoms with Crippen LogP contribution in [0.2, 0.25) is 0 Å². The molecule has 1 aromatic carbocycles. The van der Waals surface area contributed by atoms with Gasteiger partial charge in [0.1, 0.15) is 0 Å². The molecule has 2 rings (SSSR count). The minimum absolute atomic E-state index is 0.0763. The van der Waals surface area contributed by atoms with Gasteiger partial charge in [0.15, 0.2) is 17.3 Å². The second-order valence-corrected chi connectivity index (χ2v) is 4.39. The van der Waals surface area contributed by atoms with Crippen LogP contribution in [0.15, 0.2) is 29.9 Å². The van der Waals surface area contributed by atoms with Gasteiger partial charge in [0.05, 0.1) is 12.6 Å². The van der Waals surface area contributed by atoms with Gasteiger partial charge in [-0.25, -0.2) is 4.39 Å². The van der Waals surface area contributed by atoms with E-state index in [1.165, 1.54) is 36.6 Å². The molecule has 1 aromatic heterocycles. The Kier molecular flexibility index (Phi) is 3.49. The number of aromatic nitrogens is 1. The molecule has 17 heavy (non-hydrogen) atoms. The van der Waals surface area contributed by atoms with E-state index in [9.17, 15) is 9.18 Å². The van der Waals surface area contributed by atoms with Crippen LogP contribution in [-0.4, -0.2) is 17.9 Å². The van der Waals surface area contributed by atoms with Gasteiger partial charge in [0, 0.05) is 23.1 Å². The number of methoxy groups -OCH3 is 1. The van der Waals surface area contributed by atoms with Crippen LogP contribution in [0.4, 0.5) is 4.39 Å². The highest BCUT2D eigenvalue weighted by Crippen LogP contribution is 2.20. The van der Waals surface area contributed by atoms with Crippen molar-refractivity contribution in [1.82, 2.24) is 4.98 Å². The minimum atomic E-state index is -0.471. The molecule has 0 aliphatic rings. The zero-order valence-electron chi connectivity index (χ0n) is 9.14. The Balaban J connectivity index is 2.19. The van der Waals surface area contributed by atoms with Crippen molar-refractivity contribution in [2.24, 2.45) is 0 Å². The third-order valence-electron chi connectivity index (χ3n) is 2.29. The highest BCUT2D eigenvalue weighted by Gasteiger charge is 2.11. The van der Waals surface area contributed by atoms with Gasteiger partial charge >= 0.3 is 0 Å². The van der Waals surface area contributed by atoms with E-state index in [0.717, 1.165) is 4.88 Å². The standard InChI is InChI=1S/C12H10FNO2S/c1-16-12-4-8(2-3-10(12)13)11(15)5-9-6-14-7-17-9/h2-4,6-7H,5H2,1H3. The number of ketones is 1. The van der Waals surface area contributed by atoms with Gasteiger partial charge in [-0.2, -0.15) is 0 Å². The Morgan fingerprint density at radius 2 is 2.35 bits per heavy atom. The molecule has 0 fully saturated rings. The molecular weight excluding hydrogens is 241 g/mol. The topological polar surface area (TPSA) is 39.2 Å². The first-order valence-electron chi connectivity index (χ1n) is 4.95. The maximum absolute atomic E-state index is 13.2. The fourth-order valence-electron chi connectivity index (χ4n) is 1.42. The Morgan fingerprint density at radius 3 is 3.00 bits per heavy atom. The number of ether oxygens (including phenoxy) is 1. The molecule has 1 heterocycles. The van der Waals surface area contributed by atoms with E-state index in [4.69, 9.17) is 4.74 Å². The van der Waals surface area contributed by atoms with Crippen molar-refractivity contribution in [2.45, 2.75) is 6.42 Å². The molecule has 0 aliphatic heterocycles. The summed E-state index contributed by atoms with van der Waals surface area (Å²) in [5.74, 6) is -0.463. The molecule has 0 amide bonds. The first-order chi connectivity index (χ1) is 8.20. The van der Waals surface area contributed by atoms with Crippen LogP contribution in [-0.2, 0) is 6.42 Å². The molecule has 0 unspecified atom stereocenters. The summed E-state index contributed by atoms with van der Waals surface area (Å²) in [4.78, 5) is 16.7. The van der Waals surface area contributed by atoms with Gasteiger partial charge in [-0.3, -0.25) is 9.78 Å². The Morgan fingerprint density at radius 1 is 1.53 bits per heavy atom. The summed E-state index contributed by atoms with van der Waals surface area (Å²) in [6.45, 7) is 0. The first-order valence-corrected chi connectivity index (χ1v) is 5.83. The number of carbonyl (C=O) groups excluding carboxylic acids is 1. The van der Waals surface area contributed by atoms with E-state index in [1.807, 2.05) is 0 Å². The fraction of sp³-hybridized carbons (Fsp3) is 0.167. The van der Waals surface area contributed by atoms with Crippen molar-refractivity contribution in [3.05, 3.63) is 46.2 Å². The molecule has 88 valence electrons. The summed E-state index contributed by atoms with van der Waals surface area (Å²) in [6, 6.07) is 4.11. The van der Waals surface area contributed by atoms with Gasteiger partial charge in [-0.1, -0.05) is 0 Å². The highest BCUT2D eigenvalue weighted by molar-refractivity contribution is 7.09. The van der Waals surface area contributed by atoms with Crippen LogP contribution in [0.1, 0.15) is 15.2 Å². The molecule has 0 saturated carbocycles. The number of hydrogen-bond acceptors (Lipinski definition) is 4. The SMILES string of the molecule is COc1cc(C(=O)Cc2cncs2)ccc1F. The van der Waals surface area contributed by atoms with Crippen molar-refractivity contribution in [3.8, 4) is 5.75 Å². The number of nitrogens with zero attached hydrogens (tertiary/aromatic N) is 1. The zero-order valence-corrected chi connectivity index (χ0v) is 9.96. The summed E-state index contributed by atoms with van der Waals surface area (Å²) in [5, 5.41) is 0. The number of carbonyl (C=O) groups is 1. The molecule has 0 N–H and O–H groups in total. The van der Waals surface area contributed by atoms with Crippen LogP contribution in [0.5, 0.6) is 5.75 Å². The molecule has 0 saturated heterocycles. The summed E-state index contributed by atoms with van der Waals surface area (Å²) in [7, 11) is 1.37. The maximum atomic E-state index is 13.2. The first kappa shape index (κ1) is 11.7. The largest absolute Gasteiger partial charge is 0.494 e. The van der Waals surface area contributed by atoms with Gasteiger partial charge in [0.25, 0.3) is 0 Å². The van der Waals surface area contributed by atoms with E-state index in [-0.39, 0.29) is 18.0 Å². The van der Waals surface area contributed by atoms with E-state index >= 15 is 0 Å². The fourth-order valence-corrected chi connectivity index (χ4v) is 2.02. The normalized spacial score (nSPS) is 10.2. The Bertz CT molecular complexity index is 525. The van der Waals surface area contributed by atoms with E-state index in [0.29, 0.717) is 5.56 Å². The van der Waals surface area contributed by atoms with Crippen molar-refractivity contribution in [2.75, 3.05) is 7.11 Å². The lowest BCUT2D eigenvalue weighted by atomic mass is 10.1. The number of halogens is 1. The van der Waals surface area contributed by atoms with Gasteiger partial charge in [-0.05, 0) is 18.2 Å². The van der Waals surface area contributed by atoms with Crippen LogP contribution in [0.3, 0.4) is 0 Å². The van der Waals surface area contributed by atoms with Crippen molar-refractivity contribution < 1.29 is 13.9 Å². The molecule has 2 aromatic rings. The van der Waals surface area contributed by atoms with E-state index in [2.05, 4.69) is 4.98 Å². The lowest BCUT2D eigenvalue weighted by molar-refractivity contribution is 0.0993. The lowest BCUT2D eigenvalue weighted by Crippen LogP contribution is -2.03. The minimum Gasteiger partial charge on any atom is -0.494 e.